The summed E-state index contributed by atoms with van der Waals surface area (Å²) >= 11 is 0. The summed E-state index contributed by atoms with van der Waals surface area (Å²) in [6.07, 6.45) is -4.43. The molecule has 1 unspecified atom stereocenters. The fourth-order valence-electron chi connectivity index (χ4n) is 2.24. The molecule has 1 saturated heterocycles. The van der Waals surface area contributed by atoms with Gasteiger partial charge in [0.25, 0.3) is 0 Å². The number of benzene rings is 1. The second kappa shape index (κ2) is 5.96. The monoisotopic (exact) mass is 315 g/mol. The SMILES string of the molecule is C[C@@H](N)C(=O)NC1CC(=O)N(c2cccc(C(F)(F)F)c2)C1. The van der Waals surface area contributed by atoms with Crippen molar-refractivity contribution in [2.75, 3.05) is 11.4 Å². The molecule has 22 heavy (non-hydrogen) atoms. The van der Waals surface area contributed by atoms with Crippen LogP contribution in [0.15, 0.2) is 24.3 Å². The minimum absolute atomic E-state index is 0.0364. The van der Waals surface area contributed by atoms with Crippen LogP contribution in [0.4, 0.5) is 18.9 Å². The van der Waals surface area contributed by atoms with E-state index in [4.69, 9.17) is 5.73 Å². The third-order valence-electron chi connectivity index (χ3n) is 3.37. The third-order valence-corrected chi connectivity index (χ3v) is 3.37. The Morgan fingerprint density at radius 2 is 2.14 bits per heavy atom. The summed E-state index contributed by atoms with van der Waals surface area (Å²) < 4.78 is 38.1. The molecular formula is C14H16F3N3O2. The van der Waals surface area contributed by atoms with Crippen molar-refractivity contribution in [2.24, 2.45) is 5.73 Å². The minimum atomic E-state index is -4.47. The zero-order chi connectivity index (χ0) is 16.5. The molecule has 5 nitrogen and oxygen atoms in total. The average molecular weight is 315 g/mol. The van der Waals surface area contributed by atoms with Crippen LogP contribution in [-0.4, -0.2) is 30.4 Å². The van der Waals surface area contributed by atoms with Crippen LogP contribution in [0.25, 0.3) is 0 Å². The fraction of sp³-hybridized carbons (Fsp3) is 0.429. The van der Waals surface area contributed by atoms with Crippen LogP contribution in [0.2, 0.25) is 0 Å². The molecule has 0 spiro atoms. The average Bonchev–Trinajstić information content (AvgIpc) is 2.78. The number of carbonyl (C=O) groups is 2. The van der Waals surface area contributed by atoms with Gasteiger partial charge in [-0.2, -0.15) is 13.2 Å². The van der Waals surface area contributed by atoms with E-state index < -0.39 is 29.7 Å². The molecule has 2 amide bonds. The Hall–Kier alpha value is -2.09. The third kappa shape index (κ3) is 3.56. The molecule has 2 rings (SSSR count). The van der Waals surface area contributed by atoms with Crippen molar-refractivity contribution >= 4 is 17.5 Å². The first-order valence-electron chi connectivity index (χ1n) is 6.72. The molecule has 0 aromatic heterocycles. The van der Waals surface area contributed by atoms with Gasteiger partial charge in [0.1, 0.15) is 0 Å². The first kappa shape index (κ1) is 16.3. The molecular weight excluding hydrogens is 299 g/mol. The summed E-state index contributed by atoms with van der Waals surface area (Å²) in [7, 11) is 0. The van der Waals surface area contributed by atoms with Gasteiger partial charge in [0, 0.05) is 18.7 Å². The van der Waals surface area contributed by atoms with Crippen LogP contribution in [0, 0.1) is 0 Å². The molecule has 1 aliphatic rings. The van der Waals surface area contributed by atoms with Gasteiger partial charge in [0.15, 0.2) is 0 Å². The minimum Gasteiger partial charge on any atom is -0.350 e. The smallest absolute Gasteiger partial charge is 0.350 e. The molecule has 1 fully saturated rings. The zero-order valence-electron chi connectivity index (χ0n) is 11.9. The number of nitrogens with zero attached hydrogens (tertiary/aromatic N) is 1. The Kier molecular flexibility index (Phi) is 4.41. The number of carbonyl (C=O) groups excluding carboxylic acids is 2. The Morgan fingerprint density at radius 3 is 2.73 bits per heavy atom. The van der Waals surface area contributed by atoms with E-state index >= 15 is 0 Å². The lowest BCUT2D eigenvalue weighted by Crippen LogP contribution is -2.44. The van der Waals surface area contributed by atoms with Gasteiger partial charge < -0.3 is 16.0 Å². The van der Waals surface area contributed by atoms with Gasteiger partial charge in [-0.25, -0.2) is 0 Å². The van der Waals surface area contributed by atoms with E-state index in [1.165, 1.54) is 24.0 Å². The Labute approximate surface area is 125 Å². The van der Waals surface area contributed by atoms with Gasteiger partial charge in [-0.1, -0.05) is 6.07 Å². The summed E-state index contributed by atoms with van der Waals surface area (Å²) in [6.45, 7) is 1.63. The summed E-state index contributed by atoms with van der Waals surface area (Å²) in [6, 6.07) is 3.38. The number of halogens is 3. The highest BCUT2D eigenvalue weighted by molar-refractivity contribution is 5.97. The second-order valence-corrected chi connectivity index (χ2v) is 5.25. The van der Waals surface area contributed by atoms with Gasteiger partial charge in [-0.3, -0.25) is 9.59 Å². The fourth-order valence-corrected chi connectivity index (χ4v) is 2.24. The van der Waals surface area contributed by atoms with Crippen molar-refractivity contribution in [3.05, 3.63) is 29.8 Å². The van der Waals surface area contributed by atoms with E-state index in [1.807, 2.05) is 0 Å². The van der Waals surface area contributed by atoms with Crippen molar-refractivity contribution in [3.63, 3.8) is 0 Å². The predicted molar refractivity (Wildman–Crippen MR) is 74.0 cm³/mol. The van der Waals surface area contributed by atoms with E-state index in [1.54, 1.807) is 0 Å². The molecule has 1 aromatic rings. The van der Waals surface area contributed by atoms with Crippen LogP contribution in [0.5, 0.6) is 0 Å². The maximum Gasteiger partial charge on any atom is 0.416 e. The zero-order valence-corrected chi connectivity index (χ0v) is 11.9. The van der Waals surface area contributed by atoms with Gasteiger partial charge >= 0.3 is 6.18 Å². The highest BCUT2D eigenvalue weighted by Crippen LogP contribution is 2.32. The van der Waals surface area contributed by atoms with Crippen molar-refractivity contribution in [3.8, 4) is 0 Å². The molecule has 2 atom stereocenters. The predicted octanol–water partition coefficient (Wildman–Crippen LogP) is 1.27. The van der Waals surface area contributed by atoms with Crippen molar-refractivity contribution in [2.45, 2.75) is 31.6 Å². The lowest BCUT2D eigenvalue weighted by Gasteiger charge is -2.19. The number of hydrogen-bond donors (Lipinski definition) is 2. The Balaban J connectivity index is 2.14. The quantitative estimate of drug-likeness (QED) is 0.882. The molecule has 0 radical (unpaired) electrons. The lowest BCUT2D eigenvalue weighted by atomic mass is 10.2. The maximum atomic E-state index is 12.7. The molecule has 8 heteroatoms. The van der Waals surface area contributed by atoms with E-state index in [0.29, 0.717) is 0 Å². The molecule has 0 saturated carbocycles. The largest absolute Gasteiger partial charge is 0.416 e. The number of amides is 2. The molecule has 3 N–H and O–H groups in total. The molecule has 0 aliphatic carbocycles. The van der Waals surface area contributed by atoms with Crippen molar-refractivity contribution in [1.29, 1.82) is 0 Å². The number of hydrogen-bond acceptors (Lipinski definition) is 3. The van der Waals surface area contributed by atoms with E-state index in [2.05, 4.69) is 5.32 Å². The van der Waals surface area contributed by atoms with Gasteiger partial charge in [0.05, 0.1) is 17.6 Å². The highest BCUT2D eigenvalue weighted by atomic mass is 19.4. The molecule has 1 heterocycles. The van der Waals surface area contributed by atoms with E-state index in [-0.39, 0.29) is 24.6 Å². The normalized spacial score (nSPS) is 20.1. The standard InChI is InChI=1S/C14H16F3N3O2/c1-8(18)13(22)19-10-6-12(21)20(7-10)11-4-2-3-9(5-11)14(15,16)17/h2-5,8,10H,6-7,18H2,1H3,(H,19,22)/t8-,10?/m1/s1. The highest BCUT2D eigenvalue weighted by Gasteiger charge is 2.34. The number of anilines is 1. The molecule has 1 aliphatic heterocycles. The molecule has 1 aromatic carbocycles. The number of nitrogens with two attached hydrogens (primary N) is 1. The molecule has 120 valence electrons. The molecule has 0 bridgehead atoms. The first-order chi connectivity index (χ1) is 10.2. The van der Waals surface area contributed by atoms with Gasteiger partial charge in [0.2, 0.25) is 11.8 Å². The van der Waals surface area contributed by atoms with Crippen LogP contribution >= 0.6 is 0 Å². The van der Waals surface area contributed by atoms with Gasteiger partial charge in [-0.05, 0) is 25.1 Å². The maximum absolute atomic E-state index is 12.7. The van der Waals surface area contributed by atoms with Crippen molar-refractivity contribution in [1.82, 2.24) is 5.32 Å². The summed E-state index contributed by atoms with van der Waals surface area (Å²) in [5.74, 6) is -0.738. The van der Waals surface area contributed by atoms with Crippen LogP contribution in [0.3, 0.4) is 0 Å². The Bertz CT molecular complexity index is 587. The topological polar surface area (TPSA) is 75.4 Å². The van der Waals surface area contributed by atoms with E-state index in [0.717, 1.165) is 12.1 Å². The van der Waals surface area contributed by atoms with Crippen LogP contribution in [0.1, 0.15) is 18.9 Å². The lowest BCUT2D eigenvalue weighted by molar-refractivity contribution is -0.137. The first-order valence-corrected chi connectivity index (χ1v) is 6.72. The second-order valence-electron chi connectivity index (χ2n) is 5.25. The number of nitrogens with one attached hydrogen (secondary N) is 1. The van der Waals surface area contributed by atoms with Crippen LogP contribution < -0.4 is 16.0 Å². The van der Waals surface area contributed by atoms with Gasteiger partial charge in [-0.15, -0.1) is 0 Å². The van der Waals surface area contributed by atoms with Crippen molar-refractivity contribution < 1.29 is 22.8 Å². The number of rotatable bonds is 3. The number of alkyl halides is 3. The summed E-state index contributed by atoms with van der Waals surface area (Å²) in [4.78, 5) is 24.7. The summed E-state index contributed by atoms with van der Waals surface area (Å²) in [5.41, 5.74) is 4.77. The van der Waals surface area contributed by atoms with Crippen LogP contribution in [-0.2, 0) is 15.8 Å². The van der Waals surface area contributed by atoms with E-state index in [9.17, 15) is 22.8 Å². The Morgan fingerprint density at radius 1 is 1.45 bits per heavy atom. The summed E-state index contributed by atoms with van der Waals surface area (Å²) in [5, 5.41) is 2.60.